The molecule has 0 amide bonds. The first-order valence-electron chi connectivity index (χ1n) is 3.37. The average molecular weight is 252 g/mol. The van der Waals surface area contributed by atoms with Crippen molar-refractivity contribution in [3.05, 3.63) is 35.4 Å². The molecular weight excluding hydrogens is 249 g/mol. The fourth-order valence-electron chi connectivity index (χ4n) is 0.799. The maximum atomic E-state index is 12.0. The van der Waals surface area contributed by atoms with Gasteiger partial charge < -0.3 is 0 Å². The minimum atomic E-state index is -4.78. The van der Waals surface area contributed by atoms with Gasteiger partial charge in [0.1, 0.15) is 0 Å². The molecule has 0 aliphatic heterocycles. The summed E-state index contributed by atoms with van der Waals surface area (Å²) in [6.45, 7) is 0. The van der Waals surface area contributed by atoms with E-state index in [-0.39, 0.29) is 57.5 Å². The van der Waals surface area contributed by atoms with E-state index in [1.165, 1.54) is 0 Å². The Bertz CT molecular complexity index is 297. The second kappa shape index (κ2) is 5.18. The van der Waals surface area contributed by atoms with E-state index in [4.69, 9.17) is 0 Å². The summed E-state index contributed by atoms with van der Waals surface area (Å²) in [5, 5.41) is 0. The van der Waals surface area contributed by atoms with E-state index < -0.39 is 23.5 Å². The molecule has 0 spiro atoms. The van der Waals surface area contributed by atoms with Crippen molar-refractivity contribution in [2.45, 2.75) is 12.4 Å². The van der Waals surface area contributed by atoms with Crippen LogP contribution in [0.2, 0.25) is 0 Å². The molecule has 0 N–H and O–H groups in total. The summed E-state index contributed by atoms with van der Waals surface area (Å²) >= 11 is 0. The molecule has 0 atom stereocenters. The maximum Gasteiger partial charge on any atom is 1.00 e. The van der Waals surface area contributed by atoms with Crippen LogP contribution in [0.3, 0.4) is 0 Å². The monoisotopic (exact) mass is 252 g/mol. The molecule has 0 fully saturated rings. The van der Waals surface area contributed by atoms with Crippen molar-refractivity contribution in [2.24, 2.45) is 0 Å². The van der Waals surface area contributed by atoms with Gasteiger partial charge in [-0.15, -0.1) is 6.07 Å². The van der Waals surface area contributed by atoms with Gasteiger partial charge in [0, 0.05) is 0 Å². The molecule has 1 aromatic carbocycles. The van der Waals surface area contributed by atoms with Gasteiger partial charge in [0.15, 0.2) is 0 Å². The van der Waals surface area contributed by atoms with E-state index in [9.17, 15) is 26.3 Å². The van der Waals surface area contributed by atoms with Crippen molar-refractivity contribution in [2.75, 3.05) is 0 Å². The van der Waals surface area contributed by atoms with Crippen LogP contribution in [0, 0.1) is 6.07 Å². The third-order valence-corrected chi connectivity index (χ3v) is 1.44. The summed E-state index contributed by atoms with van der Waals surface area (Å²) in [5.74, 6) is 0. The summed E-state index contributed by atoms with van der Waals surface area (Å²) in [7, 11) is 0. The summed E-state index contributed by atoms with van der Waals surface area (Å²) in [6.07, 6.45) is -9.56. The number of alkyl halides is 6. The van der Waals surface area contributed by atoms with Gasteiger partial charge in [-0.1, -0.05) is 11.1 Å². The van der Waals surface area contributed by atoms with Gasteiger partial charge >= 0.3 is 63.7 Å². The maximum absolute atomic E-state index is 12.0. The molecule has 0 radical (unpaired) electrons. The predicted molar refractivity (Wildman–Crippen MR) is 35.3 cm³/mol. The molecular formula is C8H3F6K. The van der Waals surface area contributed by atoms with Crippen LogP contribution in [0.4, 0.5) is 26.3 Å². The van der Waals surface area contributed by atoms with E-state index in [0.29, 0.717) is 12.1 Å². The van der Waals surface area contributed by atoms with E-state index in [2.05, 4.69) is 0 Å². The topological polar surface area (TPSA) is 0 Å². The van der Waals surface area contributed by atoms with Crippen LogP contribution in [-0.4, -0.2) is 0 Å². The number of halogens is 6. The largest absolute Gasteiger partial charge is 1.00 e. The summed E-state index contributed by atoms with van der Waals surface area (Å²) in [6, 6.07) is 2.79. The van der Waals surface area contributed by atoms with Crippen molar-refractivity contribution in [1.82, 2.24) is 0 Å². The van der Waals surface area contributed by atoms with E-state index in [1.807, 2.05) is 0 Å². The molecule has 0 aromatic heterocycles. The molecule has 1 rings (SSSR count). The molecule has 7 heteroatoms. The van der Waals surface area contributed by atoms with Gasteiger partial charge in [-0.25, -0.2) is 0 Å². The Balaban J connectivity index is 0.00000196. The average Bonchev–Trinajstić information content (AvgIpc) is 2.01. The number of rotatable bonds is 0. The van der Waals surface area contributed by atoms with Crippen LogP contribution in [0.1, 0.15) is 11.1 Å². The third-order valence-electron chi connectivity index (χ3n) is 1.44. The number of hydrogen-bond acceptors (Lipinski definition) is 0. The molecule has 0 unspecified atom stereocenters. The Hall–Kier alpha value is 0.436. The Kier molecular flexibility index (Phi) is 5.33. The van der Waals surface area contributed by atoms with Crippen molar-refractivity contribution < 1.29 is 77.7 Å². The van der Waals surface area contributed by atoms with Gasteiger partial charge in [0.25, 0.3) is 0 Å². The second-order valence-electron chi connectivity index (χ2n) is 2.51. The summed E-state index contributed by atoms with van der Waals surface area (Å²) in [5.41, 5.74) is -2.71. The molecule has 15 heavy (non-hydrogen) atoms. The van der Waals surface area contributed by atoms with Gasteiger partial charge in [-0.2, -0.15) is 44.5 Å². The normalized spacial score (nSPS) is 12.1. The second-order valence-corrected chi connectivity index (χ2v) is 2.51. The van der Waals surface area contributed by atoms with Crippen LogP contribution in [0.25, 0.3) is 0 Å². The molecule has 0 aliphatic rings. The zero-order valence-electron chi connectivity index (χ0n) is 7.50. The minimum Gasteiger partial charge on any atom is -0.183 e. The van der Waals surface area contributed by atoms with Crippen molar-refractivity contribution in [3.63, 3.8) is 0 Å². The number of benzene rings is 1. The smallest absolute Gasteiger partial charge is 0.183 e. The van der Waals surface area contributed by atoms with Gasteiger partial charge in [0.2, 0.25) is 0 Å². The van der Waals surface area contributed by atoms with Crippen molar-refractivity contribution in [1.29, 1.82) is 0 Å². The number of hydrogen-bond donors (Lipinski definition) is 0. The third kappa shape index (κ3) is 4.44. The first kappa shape index (κ1) is 15.4. The minimum absolute atomic E-state index is 0. The van der Waals surface area contributed by atoms with Gasteiger partial charge in [-0.3, -0.25) is 0 Å². The van der Waals surface area contributed by atoms with Gasteiger partial charge in [0.05, 0.1) is 0 Å². The first-order chi connectivity index (χ1) is 6.21. The Morgan fingerprint density at radius 3 is 1.40 bits per heavy atom. The molecule has 1 aromatic rings. The van der Waals surface area contributed by atoms with E-state index in [0.717, 1.165) is 0 Å². The van der Waals surface area contributed by atoms with Crippen molar-refractivity contribution >= 4 is 0 Å². The molecule has 78 valence electrons. The van der Waals surface area contributed by atoms with Crippen LogP contribution >= 0.6 is 0 Å². The molecule has 0 saturated heterocycles. The van der Waals surface area contributed by atoms with E-state index >= 15 is 0 Å². The first-order valence-corrected chi connectivity index (χ1v) is 3.37. The van der Waals surface area contributed by atoms with Crippen LogP contribution in [-0.2, 0) is 12.4 Å². The fraction of sp³-hybridized carbons (Fsp3) is 0.250. The SMILES string of the molecule is FC(F)(F)c1c[c-]cc(C(F)(F)F)c1.[K+]. The molecule has 0 saturated carbocycles. The summed E-state index contributed by atoms with van der Waals surface area (Å²) < 4.78 is 71.8. The van der Waals surface area contributed by atoms with Crippen LogP contribution in [0.15, 0.2) is 18.2 Å². The molecule has 0 heterocycles. The Morgan fingerprint density at radius 1 is 0.800 bits per heavy atom. The van der Waals surface area contributed by atoms with Crippen molar-refractivity contribution in [3.8, 4) is 0 Å². The molecule has 0 bridgehead atoms. The Labute approximate surface area is 124 Å². The van der Waals surface area contributed by atoms with Crippen LogP contribution < -0.4 is 51.4 Å². The predicted octanol–water partition coefficient (Wildman–Crippen LogP) is 0.528. The van der Waals surface area contributed by atoms with Gasteiger partial charge in [-0.05, 0) is 0 Å². The van der Waals surface area contributed by atoms with E-state index in [1.54, 1.807) is 6.07 Å². The summed E-state index contributed by atoms with van der Waals surface area (Å²) in [4.78, 5) is 0. The zero-order valence-corrected chi connectivity index (χ0v) is 10.6. The quantitative estimate of drug-likeness (QED) is 0.359. The Morgan fingerprint density at radius 2 is 1.13 bits per heavy atom. The zero-order chi connectivity index (χ0) is 11.0. The molecule has 0 aliphatic carbocycles. The molecule has 0 nitrogen and oxygen atoms in total. The fourth-order valence-corrected chi connectivity index (χ4v) is 0.799. The van der Waals surface area contributed by atoms with Crippen LogP contribution in [0.5, 0.6) is 0 Å². The standard InChI is InChI=1S/C8H3F6.K/c9-7(10,11)5-2-1-3-6(4-5)8(12,13)14;/h2-4H;/q-1;+1.